The lowest BCUT2D eigenvalue weighted by atomic mass is 10.2. The lowest BCUT2D eigenvalue weighted by molar-refractivity contribution is -0.159. The summed E-state index contributed by atoms with van der Waals surface area (Å²) in [6.07, 6.45) is 0.419. The largest absolute Gasteiger partial charge is 0.473 e. The predicted octanol–water partition coefficient (Wildman–Crippen LogP) is 2.13. The number of amides is 1. The van der Waals surface area contributed by atoms with Crippen LogP contribution in [0.3, 0.4) is 0 Å². The molecule has 30 heavy (non-hydrogen) atoms. The first-order valence-corrected chi connectivity index (χ1v) is 9.39. The highest BCUT2D eigenvalue weighted by Crippen LogP contribution is 2.15. The summed E-state index contributed by atoms with van der Waals surface area (Å²) in [4.78, 5) is 34.8. The van der Waals surface area contributed by atoms with Gasteiger partial charge in [0.05, 0.1) is 0 Å². The van der Waals surface area contributed by atoms with Gasteiger partial charge in [0.1, 0.15) is 5.82 Å². The maximum Gasteiger partial charge on any atom is 0.414 e. The summed E-state index contributed by atoms with van der Waals surface area (Å²) >= 11 is 0. The molecule has 0 spiro atoms. The van der Waals surface area contributed by atoms with E-state index in [9.17, 15) is 9.18 Å². The van der Waals surface area contributed by atoms with Crippen molar-refractivity contribution in [2.45, 2.75) is 6.42 Å². The van der Waals surface area contributed by atoms with Crippen LogP contribution in [0, 0.1) is 5.82 Å². The number of hydrogen-bond acceptors (Lipinski definition) is 5. The summed E-state index contributed by atoms with van der Waals surface area (Å²) in [5.41, 5.74) is 1.76. The Hall–Kier alpha value is -3.46. The van der Waals surface area contributed by atoms with Gasteiger partial charge < -0.3 is 20.4 Å². The molecule has 8 nitrogen and oxygen atoms in total. The van der Waals surface area contributed by atoms with E-state index in [1.54, 1.807) is 12.1 Å². The smallest absolute Gasteiger partial charge is 0.414 e. The number of carbonyl (C=O) groups is 3. The van der Waals surface area contributed by atoms with Crippen LogP contribution >= 0.6 is 0 Å². The van der Waals surface area contributed by atoms with Crippen LogP contribution in [0.5, 0.6) is 0 Å². The minimum absolute atomic E-state index is 0.0777. The van der Waals surface area contributed by atoms with Gasteiger partial charge in [-0.2, -0.15) is 0 Å². The van der Waals surface area contributed by atoms with Crippen molar-refractivity contribution in [3.05, 3.63) is 60.4 Å². The molecule has 1 aliphatic heterocycles. The zero-order valence-electron chi connectivity index (χ0n) is 16.3. The first kappa shape index (κ1) is 22.8. The number of halogens is 1. The van der Waals surface area contributed by atoms with E-state index in [1.165, 1.54) is 17.8 Å². The highest BCUT2D eigenvalue weighted by atomic mass is 19.1. The Balaban J connectivity index is 0.000000469. The van der Waals surface area contributed by atoms with E-state index in [2.05, 4.69) is 39.4 Å². The Labute approximate surface area is 173 Å². The number of hydrogen-bond donors (Lipinski definition) is 3. The Morgan fingerprint density at radius 2 is 1.53 bits per heavy atom. The molecule has 0 radical (unpaired) electrons. The molecule has 0 saturated carbocycles. The van der Waals surface area contributed by atoms with Crippen LogP contribution in [0.4, 0.5) is 15.8 Å². The third-order valence-corrected chi connectivity index (χ3v) is 4.44. The fourth-order valence-corrected chi connectivity index (χ4v) is 2.92. The summed E-state index contributed by atoms with van der Waals surface area (Å²) in [6.45, 7) is 4.55. The van der Waals surface area contributed by atoms with Gasteiger partial charge >= 0.3 is 11.9 Å². The number of nitrogens with zero attached hydrogens (tertiary/aromatic N) is 2. The maximum absolute atomic E-state index is 13.1. The van der Waals surface area contributed by atoms with Gasteiger partial charge in [-0.1, -0.05) is 24.3 Å². The van der Waals surface area contributed by atoms with Gasteiger partial charge in [0, 0.05) is 50.5 Å². The molecule has 2 aromatic carbocycles. The molecule has 0 aromatic heterocycles. The fourth-order valence-electron chi connectivity index (χ4n) is 2.92. The topological polar surface area (TPSA) is 110 Å². The Morgan fingerprint density at radius 3 is 2.10 bits per heavy atom. The first-order valence-electron chi connectivity index (χ1n) is 9.39. The standard InChI is InChI=1S/C19H22FN3O.C2H2O4/c20-16-5-4-6-17(15-16)21-19(24)9-10-22-11-13-23(14-12-22)18-7-2-1-3-8-18;3-1(4)2(5)6/h1-8,15H,9-14H2,(H,21,24);(H,3,4)(H,5,6). The van der Waals surface area contributed by atoms with Gasteiger partial charge in [-0.05, 0) is 30.3 Å². The summed E-state index contributed by atoms with van der Waals surface area (Å²) in [5.74, 6) is -4.07. The second kappa shape index (κ2) is 11.5. The third-order valence-electron chi connectivity index (χ3n) is 4.44. The van der Waals surface area contributed by atoms with E-state index in [1.807, 2.05) is 6.07 Å². The minimum Gasteiger partial charge on any atom is -0.473 e. The van der Waals surface area contributed by atoms with Gasteiger partial charge in [0.25, 0.3) is 0 Å². The van der Waals surface area contributed by atoms with E-state index in [0.717, 1.165) is 32.7 Å². The molecule has 160 valence electrons. The normalized spacial score (nSPS) is 13.7. The van der Waals surface area contributed by atoms with Gasteiger partial charge in [0.2, 0.25) is 5.91 Å². The zero-order chi connectivity index (χ0) is 21.9. The van der Waals surface area contributed by atoms with E-state index in [-0.39, 0.29) is 11.7 Å². The van der Waals surface area contributed by atoms with Crippen molar-refractivity contribution >= 4 is 29.2 Å². The average molecular weight is 417 g/mol. The van der Waals surface area contributed by atoms with Gasteiger partial charge in [-0.25, -0.2) is 14.0 Å². The molecular formula is C21H24FN3O5. The van der Waals surface area contributed by atoms with Crippen molar-refractivity contribution in [1.82, 2.24) is 4.90 Å². The van der Waals surface area contributed by atoms with Crippen LogP contribution in [0.1, 0.15) is 6.42 Å². The van der Waals surface area contributed by atoms with Gasteiger partial charge in [-0.15, -0.1) is 0 Å². The van der Waals surface area contributed by atoms with Gasteiger partial charge in [0.15, 0.2) is 0 Å². The molecule has 0 unspecified atom stereocenters. The number of carboxylic acid groups (broad SMARTS) is 2. The molecule has 2 aromatic rings. The number of benzene rings is 2. The molecular weight excluding hydrogens is 393 g/mol. The third kappa shape index (κ3) is 7.88. The Kier molecular flexibility index (Phi) is 8.76. The summed E-state index contributed by atoms with van der Waals surface area (Å²) in [6, 6.07) is 16.4. The molecule has 1 fully saturated rings. The second-order valence-corrected chi connectivity index (χ2v) is 6.58. The number of piperazine rings is 1. The monoisotopic (exact) mass is 417 g/mol. The van der Waals surface area contributed by atoms with Crippen LogP contribution in [-0.4, -0.2) is 65.7 Å². The Morgan fingerprint density at radius 1 is 0.900 bits per heavy atom. The molecule has 3 rings (SSSR count). The van der Waals surface area contributed by atoms with Gasteiger partial charge in [-0.3, -0.25) is 9.69 Å². The lowest BCUT2D eigenvalue weighted by Gasteiger charge is -2.36. The van der Waals surface area contributed by atoms with Crippen LogP contribution < -0.4 is 10.2 Å². The number of rotatable bonds is 5. The van der Waals surface area contributed by atoms with E-state index in [4.69, 9.17) is 19.8 Å². The fraction of sp³-hybridized carbons (Fsp3) is 0.286. The highest BCUT2D eigenvalue weighted by molar-refractivity contribution is 6.27. The van der Waals surface area contributed by atoms with Crippen molar-refractivity contribution in [2.75, 3.05) is 42.9 Å². The summed E-state index contributed by atoms with van der Waals surface area (Å²) in [5, 5.41) is 17.5. The Bertz CT molecular complexity index is 843. The number of aliphatic carboxylic acids is 2. The van der Waals surface area contributed by atoms with Crippen molar-refractivity contribution in [2.24, 2.45) is 0 Å². The number of anilines is 2. The molecule has 1 saturated heterocycles. The highest BCUT2D eigenvalue weighted by Gasteiger charge is 2.17. The number of para-hydroxylation sites is 1. The van der Waals surface area contributed by atoms with Crippen LogP contribution in [0.25, 0.3) is 0 Å². The first-order chi connectivity index (χ1) is 14.3. The minimum atomic E-state index is -1.82. The molecule has 0 aliphatic carbocycles. The van der Waals surface area contributed by atoms with Crippen molar-refractivity contribution in [3.8, 4) is 0 Å². The lowest BCUT2D eigenvalue weighted by Crippen LogP contribution is -2.47. The molecule has 1 amide bonds. The van der Waals surface area contributed by atoms with E-state index >= 15 is 0 Å². The molecule has 0 atom stereocenters. The van der Waals surface area contributed by atoms with E-state index in [0.29, 0.717) is 12.1 Å². The molecule has 0 bridgehead atoms. The summed E-state index contributed by atoms with van der Waals surface area (Å²) in [7, 11) is 0. The van der Waals surface area contributed by atoms with Crippen molar-refractivity contribution in [1.29, 1.82) is 0 Å². The molecule has 1 heterocycles. The SMILES string of the molecule is O=C(CCN1CCN(c2ccccc2)CC1)Nc1cccc(F)c1.O=C(O)C(=O)O. The van der Waals surface area contributed by atoms with Crippen LogP contribution in [0.2, 0.25) is 0 Å². The molecule has 1 aliphatic rings. The molecule has 3 N–H and O–H groups in total. The van der Waals surface area contributed by atoms with Crippen molar-refractivity contribution < 1.29 is 29.0 Å². The zero-order valence-corrected chi connectivity index (χ0v) is 16.3. The van der Waals surface area contributed by atoms with E-state index < -0.39 is 11.9 Å². The maximum atomic E-state index is 13.1. The number of nitrogens with one attached hydrogen (secondary N) is 1. The predicted molar refractivity (Wildman–Crippen MR) is 110 cm³/mol. The number of carbonyl (C=O) groups excluding carboxylic acids is 1. The number of carboxylic acids is 2. The van der Waals surface area contributed by atoms with Crippen LogP contribution in [-0.2, 0) is 14.4 Å². The van der Waals surface area contributed by atoms with Crippen molar-refractivity contribution in [3.63, 3.8) is 0 Å². The second-order valence-electron chi connectivity index (χ2n) is 6.58. The molecule has 9 heteroatoms. The average Bonchev–Trinajstić information content (AvgIpc) is 2.74. The van der Waals surface area contributed by atoms with Crippen LogP contribution in [0.15, 0.2) is 54.6 Å². The summed E-state index contributed by atoms with van der Waals surface area (Å²) < 4.78 is 13.1. The quantitative estimate of drug-likeness (QED) is 0.639.